The zero-order valence-electron chi connectivity index (χ0n) is 13.5. The van der Waals surface area contributed by atoms with Crippen LogP contribution in [0.5, 0.6) is 5.75 Å². The number of para-hydroxylation sites is 1. The molecule has 23 heavy (non-hydrogen) atoms. The van der Waals surface area contributed by atoms with Gasteiger partial charge in [-0.2, -0.15) is 0 Å². The first kappa shape index (κ1) is 17.3. The van der Waals surface area contributed by atoms with Crippen molar-refractivity contribution in [2.45, 2.75) is 6.04 Å². The molecule has 4 nitrogen and oxygen atoms in total. The van der Waals surface area contributed by atoms with E-state index in [0.717, 1.165) is 11.3 Å². The number of likely N-dealkylation sites (N-methyl/N-ethyl adjacent to an activating group) is 1. The van der Waals surface area contributed by atoms with Gasteiger partial charge in [-0.1, -0.05) is 41.9 Å². The zero-order valence-corrected chi connectivity index (χ0v) is 14.3. The fourth-order valence-electron chi connectivity index (χ4n) is 2.44. The van der Waals surface area contributed by atoms with E-state index in [1.165, 1.54) is 0 Å². The van der Waals surface area contributed by atoms with E-state index in [1.807, 2.05) is 43.3 Å². The van der Waals surface area contributed by atoms with Gasteiger partial charge in [0.1, 0.15) is 5.75 Å². The summed E-state index contributed by atoms with van der Waals surface area (Å²) in [5.41, 5.74) is 1.51. The molecule has 0 unspecified atom stereocenters. The van der Waals surface area contributed by atoms with Gasteiger partial charge in [0.05, 0.1) is 23.7 Å². The lowest BCUT2D eigenvalue weighted by atomic mass is 10.0. The van der Waals surface area contributed by atoms with Crippen LogP contribution in [0.1, 0.15) is 22.0 Å². The number of carbonyl (C=O) groups is 1. The third-order valence-electron chi connectivity index (χ3n) is 3.70. The van der Waals surface area contributed by atoms with Gasteiger partial charge >= 0.3 is 0 Å². The van der Waals surface area contributed by atoms with Crippen molar-refractivity contribution >= 4 is 17.5 Å². The smallest absolute Gasteiger partial charge is 0.252 e. The maximum Gasteiger partial charge on any atom is 0.252 e. The van der Waals surface area contributed by atoms with Gasteiger partial charge in [0, 0.05) is 12.1 Å². The van der Waals surface area contributed by atoms with Gasteiger partial charge in [-0.3, -0.25) is 4.79 Å². The second-order valence-corrected chi connectivity index (χ2v) is 5.82. The number of benzene rings is 2. The first-order chi connectivity index (χ1) is 11.0. The van der Waals surface area contributed by atoms with Crippen molar-refractivity contribution in [1.29, 1.82) is 0 Å². The summed E-state index contributed by atoms with van der Waals surface area (Å²) in [4.78, 5) is 14.4. The Morgan fingerprint density at radius 1 is 1.17 bits per heavy atom. The zero-order chi connectivity index (χ0) is 16.8. The van der Waals surface area contributed by atoms with Crippen LogP contribution in [-0.2, 0) is 0 Å². The summed E-state index contributed by atoms with van der Waals surface area (Å²) >= 11 is 6.07. The van der Waals surface area contributed by atoms with Crippen molar-refractivity contribution in [3.05, 3.63) is 64.7 Å². The number of halogens is 1. The van der Waals surface area contributed by atoms with Gasteiger partial charge in [-0.15, -0.1) is 0 Å². The summed E-state index contributed by atoms with van der Waals surface area (Å²) in [6.45, 7) is 0.456. The summed E-state index contributed by atoms with van der Waals surface area (Å²) in [5, 5.41) is 3.40. The van der Waals surface area contributed by atoms with Crippen LogP contribution in [0, 0.1) is 0 Å². The van der Waals surface area contributed by atoms with Crippen LogP contribution in [0.25, 0.3) is 0 Å². The van der Waals surface area contributed by atoms with Crippen molar-refractivity contribution in [3.8, 4) is 5.75 Å². The number of ether oxygens (including phenoxy) is 1. The third-order valence-corrected chi connectivity index (χ3v) is 4.03. The molecule has 0 heterocycles. The van der Waals surface area contributed by atoms with E-state index < -0.39 is 0 Å². The quantitative estimate of drug-likeness (QED) is 0.881. The molecule has 2 rings (SSSR count). The second kappa shape index (κ2) is 7.99. The molecule has 5 heteroatoms. The Hall–Kier alpha value is -2.04. The predicted molar refractivity (Wildman–Crippen MR) is 93.2 cm³/mol. The van der Waals surface area contributed by atoms with Crippen molar-refractivity contribution in [3.63, 3.8) is 0 Å². The molecule has 0 radical (unpaired) electrons. The van der Waals surface area contributed by atoms with Crippen molar-refractivity contribution in [2.24, 2.45) is 0 Å². The van der Waals surface area contributed by atoms with E-state index in [0.29, 0.717) is 17.1 Å². The van der Waals surface area contributed by atoms with Crippen LogP contribution in [0.3, 0.4) is 0 Å². The number of methoxy groups -OCH3 is 1. The molecule has 0 saturated carbocycles. The first-order valence-corrected chi connectivity index (χ1v) is 7.74. The normalized spacial score (nSPS) is 12.0. The Morgan fingerprint density at radius 3 is 2.48 bits per heavy atom. The number of nitrogens with one attached hydrogen (secondary N) is 1. The molecule has 2 aromatic carbocycles. The molecule has 122 valence electrons. The molecule has 0 saturated heterocycles. The summed E-state index contributed by atoms with van der Waals surface area (Å²) in [7, 11) is 5.59. The summed E-state index contributed by atoms with van der Waals surface area (Å²) in [6.07, 6.45) is 0. The van der Waals surface area contributed by atoms with Crippen molar-refractivity contribution in [1.82, 2.24) is 10.2 Å². The minimum Gasteiger partial charge on any atom is -0.496 e. The molecular weight excluding hydrogens is 312 g/mol. The number of hydrogen-bond acceptors (Lipinski definition) is 3. The van der Waals surface area contributed by atoms with E-state index in [4.69, 9.17) is 16.3 Å². The van der Waals surface area contributed by atoms with Crippen molar-refractivity contribution in [2.75, 3.05) is 27.7 Å². The highest BCUT2D eigenvalue weighted by Gasteiger charge is 2.19. The molecule has 2 aromatic rings. The molecule has 0 aliphatic rings. The van der Waals surface area contributed by atoms with Crippen LogP contribution >= 0.6 is 11.6 Å². The minimum absolute atomic E-state index is 0.00223. The van der Waals surface area contributed by atoms with E-state index in [9.17, 15) is 4.79 Å². The maximum absolute atomic E-state index is 12.3. The molecule has 0 aliphatic heterocycles. The molecular formula is C18H21ClN2O2. The topological polar surface area (TPSA) is 41.6 Å². The molecule has 0 aromatic heterocycles. The Morgan fingerprint density at radius 2 is 1.83 bits per heavy atom. The minimum atomic E-state index is -0.183. The average molecular weight is 333 g/mol. The molecule has 0 fully saturated rings. The van der Waals surface area contributed by atoms with Crippen LogP contribution in [0.4, 0.5) is 0 Å². The summed E-state index contributed by atoms with van der Waals surface area (Å²) in [5.74, 6) is 0.621. The van der Waals surface area contributed by atoms with E-state index in [-0.39, 0.29) is 11.9 Å². The number of nitrogens with zero attached hydrogens (tertiary/aromatic N) is 1. The Kier molecular flexibility index (Phi) is 6.02. The van der Waals surface area contributed by atoms with Gasteiger partial charge < -0.3 is 15.0 Å². The fraction of sp³-hybridized carbons (Fsp3) is 0.278. The standard InChI is InChI=1S/C18H21ClN2O2/c1-21(2)16(14-9-5-7-11-17(14)23-3)12-20-18(22)13-8-4-6-10-15(13)19/h4-11,16H,12H2,1-3H3,(H,20,22)/t16-/m0/s1. The largest absolute Gasteiger partial charge is 0.496 e. The monoisotopic (exact) mass is 332 g/mol. The Bertz CT molecular complexity index is 674. The lowest BCUT2D eigenvalue weighted by molar-refractivity contribution is 0.0941. The molecule has 1 atom stereocenters. The van der Waals surface area contributed by atoms with Crippen molar-refractivity contribution < 1.29 is 9.53 Å². The van der Waals surface area contributed by atoms with Gasteiger partial charge in [-0.25, -0.2) is 0 Å². The number of rotatable bonds is 6. The highest BCUT2D eigenvalue weighted by atomic mass is 35.5. The number of hydrogen-bond donors (Lipinski definition) is 1. The predicted octanol–water partition coefficient (Wildman–Crippen LogP) is 3.38. The lowest BCUT2D eigenvalue weighted by Crippen LogP contribution is -2.34. The fourth-order valence-corrected chi connectivity index (χ4v) is 2.66. The van der Waals surface area contributed by atoms with Crippen LogP contribution in [0.15, 0.2) is 48.5 Å². The molecule has 1 amide bonds. The Labute approximate surface area is 142 Å². The molecule has 1 N–H and O–H groups in total. The average Bonchev–Trinajstić information content (AvgIpc) is 2.55. The van der Waals surface area contributed by atoms with E-state index >= 15 is 0 Å². The van der Waals surface area contributed by atoms with Crippen LogP contribution in [-0.4, -0.2) is 38.6 Å². The SMILES string of the molecule is COc1ccccc1[C@H](CNC(=O)c1ccccc1Cl)N(C)C. The highest BCUT2D eigenvalue weighted by molar-refractivity contribution is 6.33. The van der Waals surface area contributed by atoms with E-state index in [1.54, 1.807) is 31.4 Å². The third kappa shape index (κ3) is 4.24. The molecule has 0 aliphatic carbocycles. The van der Waals surface area contributed by atoms with E-state index in [2.05, 4.69) is 5.32 Å². The maximum atomic E-state index is 12.3. The first-order valence-electron chi connectivity index (χ1n) is 7.36. The second-order valence-electron chi connectivity index (χ2n) is 5.41. The molecule has 0 spiro atoms. The number of carbonyl (C=O) groups excluding carboxylic acids is 1. The van der Waals surface area contributed by atoms with Crippen LogP contribution < -0.4 is 10.1 Å². The Balaban J connectivity index is 2.15. The summed E-state index contributed by atoms with van der Waals surface area (Å²) in [6, 6.07) is 14.8. The van der Waals surface area contributed by atoms with Gasteiger partial charge in [-0.05, 0) is 32.3 Å². The lowest BCUT2D eigenvalue weighted by Gasteiger charge is -2.26. The summed E-state index contributed by atoms with van der Waals surface area (Å²) < 4.78 is 5.43. The number of amides is 1. The highest BCUT2D eigenvalue weighted by Crippen LogP contribution is 2.27. The van der Waals surface area contributed by atoms with Gasteiger partial charge in [0.25, 0.3) is 5.91 Å². The van der Waals surface area contributed by atoms with Gasteiger partial charge in [0.15, 0.2) is 0 Å². The molecule has 0 bridgehead atoms. The van der Waals surface area contributed by atoms with Gasteiger partial charge in [0.2, 0.25) is 0 Å². The van der Waals surface area contributed by atoms with Crippen LogP contribution in [0.2, 0.25) is 5.02 Å².